The first-order valence-electron chi connectivity index (χ1n) is 12.0. The highest BCUT2D eigenvalue weighted by molar-refractivity contribution is 8.19. The van der Waals surface area contributed by atoms with Crippen LogP contribution in [0.5, 0.6) is 0 Å². The third-order valence-electron chi connectivity index (χ3n) is 5.08. The van der Waals surface area contributed by atoms with Gasteiger partial charge in [0.25, 0.3) is 17.7 Å². The summed E-state index contributed by atoms with van der Waals surface area (Å²) >= 11 is 12.9. The number of esters is 1. The van der Waals surface area contributed by atoms with Crippen LogP contribution in [0.15, 0.2) is 58.4 Å². The van der Waals surface area contributed by atoms with Gasteiger partial charge in [0.15, 0.2) is 5.17 Å². The van der Waals surface area contributed by atoms with Crippen LogP contribution in [-0.2, 0) is 19.1 Å². The van der Waals surface area contributed by atoms with E-state index in [2.05, 4.69) is 20.4 Å². The number of nitrogens with one attached hydrogen (secondary N) is 2. The number of carbonyl (C=O) groups is 5. The Labute approximate surface area is 250 Å². The van der Waals surface area contributed by atoms with Crippen LogP contribution in [-0.4, -0.2) is 60.8 Å². The molecular weight excluding hydrogens is 595 g/mol. The minimum absolute atomic E-state index is 0.0232. The van der Waals surface area contributed by atoms with Gasteiger partial charge in [-0.25, -0.2) is 9.59 Å². The van der Waals surface area contributed by atoms with E-state index in [0.29, 0.717) is 5.02 Å². The van der Waals surface area contributed by atoms with Gasteiger partial charge in [-0.15, -0.1) is 0 Å². The van der Waals surface area contributed by atoms with Gasteiger partial charge in [-0.05, 0) is 75.0 Å². The van der Waals surface area contributed by atoms with E-state index < -0.39 is 35.4 Å². The number of rotatable bonds is 7. The van der Waals surface area contributed by atoms with Crippen molar-refractivity contribution in [3.05, 3.63) is 74.6 Å². The molecule has 1 fully saturated rings. The summed E-state index contributed by atoms with van der Waals surface area (Å²) in [6, 6.07) is 10.2. The topological polar surface area (TPSA) is 143 Å². The van der Waals surface area contributed by atoms with Gasteiger partial charge < -0.3 is 20.1 Å². The quantitative estimate of drug-likeness (QED) is 0.260. The molecular formula is C27H26Cl2N4O7S. The van der Waals surface area contributed by atoms with Crippen LogP contribution in [0.2, 0.25) is 10.0 Å². The van der Waals surface area contributed by atoms with E-state index in [4.69, 9.17) is 27.9 Å². The molecule has 2 N–H and O–H groups in total. The van der Waals surface area contributed by atoms with E-state index in [9.17, 15) is 24.0 Å². The van der Waals surface area contributed by atoms with Crippen LogP contribution in [0.1, 0.15) is 41.5 Å². The summed E-state index contributed by atoms with van der Waals surface area (Å²) in [7, 11) is 1.17. The predicted octanol–water partition coefficient (Wildman–Crippen LogP) is 4.58. The van der Waals surface area contributed by atoms with Gasteiger partial charge >= 0.3 is 12.1 Å². The molecule has 41 heavy (non-hydrogen) atoms. The van der Waals surface area contributed by atoms with Crippen molar-refractivity contribution in [3.8, 4) is 0 Å². The fourth-order valence-electron chi connectivity index (χ4n) is 3.27. The lowest BCUT2D eigenvalue weighted by Gasteiger charge is -2.19. The van der Waals surface area contributed by atoms with Crippen molar-refractivity contribution >= 4 is 75.6 Å². The number of ether oxygens (including phenoxy) is 2. The van der Waals surface area contributed by atoms with Gasteiger partial charge in [0.1, 0.15) is 5.60 Å². The average Bonchev–Trinajstić information content (AvgIpc) is 3.19. The molecule has 1 aliphatic heterocycles. The number of alkyl carbamates (subject to hydrolysis) is 1. The molecule has 4 amide bonds. The number of aliphatic imine (C=N–C) groups is 1. The van der Waals surface area contributed by atoms with Crippen molar-refractivity contribution in [3.63, 3.8) is 0 Å². The Morgan fingerprint density at radius 2 is 1.68 bits per heavy atom. The highest BCUT2D eigenvalue weighted by atomic mass is 35.5. The highest BCUT2D eigenvalue weighted by Crippen LogP contribution is 2.35. The summed E-state index contributed by atoms with van der Waals surface area (Å²) in [5, 5.41) is 5.58. The average molecular weight is 621 g/mol. The van der Waals surface area contributed by atoms with Gasteiger partial charge in [-0.3, -0.25) is 19.3 Å². The molecule has 0 spiro atoms. The first-order valence-corrected chi connectivity index (χ1v) is 13.6. The number of amidine groups is 1. The molecule has 14 heteroatoms. The molecule has 3 rings (SSSR count). The van der Waals surface area contributed by atoms with Crippen LogP contribution in [0.25, 0.3) is 0 Å². The van der Waals surface area contributed by atoms with E-state index in [1.165, 1.54) is 49.6 Å². The Morgan fingerprint density at radius 1 is 1.02 bits per heavy atom. The normalized spacial score (nSPS) is 15.2. The Hall–Kier alpha value is -3.87. The number of hydrogen-bond acceptors (Lipinski definition) is 8. The summed E-state index contributed by atoms with van der Waals surface area (Å²) in [5.74, 6) is -2.54. The second-order valence-electron chi connectivity index (χ2n) is 9.33. The Balaban J connectivity index is 1.77. The zero-order valence-electron chi connectivity index (χ0n) is 22.4. The maximum atomic E-state index is 13.2. The van der Waals surface area contributed by atoms with Crippen LogP contribution < -0.4 is 15.5 Å². The Bertz CT molecular complexity index is 1440. The predicted molar refractivity (Wildman–Crippen MR) is 156 cm³/mol. The minimum Gasteiger partial charge on any atom is -0.466 e. The molecule has 1 heterocycles. The monoisotopic (exact) mass is 620 g/mol. The fraction of sp³-hybridized carbons (Fsp3) is 0.259. The molecule has 0 aromatic heterocycles. The molecule has 0 unspecified atom stereocenters. The van der Waals surface area contributed by atoms with Crippen molar-refractivity contribution < 1.29 is 33.4 Å². The van der Waals surface area contributed by atoms with E-state index in [1.807, 2.05) is 0 Å². The second-order valence-corrected chi connectivity index (χ2v) is 11.2. The summed E-state index contributed by atoms with van der Waals surface area (Å²) in [6.45, 7) is 5.52. The number of carbonyl (C=O) groups excluding carboxylic acids is 5. The molecule has 0 saturated carbocycles. The molecule has 11 nitrogen and oxygen atoms in total. The van der Waals surface area contributed by atoms with Crippen LogP contribution in [0.3, 0.4) is 0 Å². The first kappa shape index (κ1) is 31.7. The van der Waals surface area contributed by atoms with Crippen LogP contribution >= 0.6 is 35.0 Å². The lowest BCUT2D eigenvalue weighted by atomic mass is 10.2. The van der Waals surface area contributed by atoms with Gasteiger partial charge in [0.2, 0.25) is 0 Å². The number of halogens is 2. The maximum Gasteiger partial charge on any atom is 0.407 e. The Morgan fingerprint density at radius 3 is 2.29 bits per heavy atom. The van der Waals surface area contributed by atoms with Gasteiger partial charge in [-0.1, -0.05) is 23.2 Å². The van der Waals surface area contributed by atoms with Gasteiger partial charge in [0.05, 0.1) is 28.3 Å². The molecule has 2 aromatic carbocycles. The third kappa shape index (κ3) is 8.81. The molecule has 1 aliphatic rings. The summed E-state index contributed by atoms with van der Waals surface area (Å²) < 4.78 is 9.75. The summed E-state index contributed by atoms with van der Waals surface area (Å²) in [4.78, 5) is 67.4. The number of thioether (sulfide) groups is 1. The highest BCUT2D eigenvalue weighted by Gasteiger charge is 2.36. The number of nitrogens with zero attached hydrogens (tertiary/aromatic N) is 2. The molecule has 0 aliphatic carbocycles. The fourth-order valence-corrected chi connectivity index (χ4v) is 4.70. The first-order chi connectivity index (χ1) is 19.3. The molecule has 0 atom stereocenters. The lowest BCUT2D eigenvalue weighted by Crippen LogP contribution is -2.37. The molecule has 0 bridgehead atoms. The minimum atomic E-state index is -0.762. The second kappa shape index (κ2) is 13.7. The van der Waals surface area contributed by atoms with Crippen molar-refractivity contribution in [1.29, 1.82) is 0 Å². The zero-order chi connectivity index (χ0) is 30.3. The third-order valence-corrected chi connectivity index (χ3v) is 6.60. The number of hydrogen-bond donors (Lipinski definition) is 2. The van der Waals surface area contributed by atoms with Gasteiger partial charge in [0, 0.05) is 29.8 Å². The smallest absolute Gasteiger partial charge is 0.407 e. The molecule has 1 saturated heterocycles. The Kier molecular flexibility index (Phi) is 10.5. The van der Waals surface area contributed by atoms with E-state index in [1.54, 1.807) is 20.8 Å². The van der Waals surface area contributed by atoms with Crippen molar-refractivity contribution in [1.82, 2.24) is 10.6 Å². The van der Waals surface area contributed by atoms with Crippen molar-refractivity contribution in [2.24, 2.45) is 4.99 Å². The molecule has 216 valence electrons. The lowest BCUT2D eigenvalue weighted by molar-refractivity contribution is -0.135. The summed E-state index contributed by atoms with van der Waals surface area (Å²) in [6.07, 6.45) is 0.397. The maximum absolute atomic E-state index is 13.2. The van der Waals surface area contributed by atoms with Gasteiger partial charge in [-0.2, -0.15) is 4.99 Å². The van der Waals surface area contributed by atoms with Crippen molar-refractivity contribution in [2.45, 2.75) is 26.4 Å². The standard InChI is InChI=1S/C27H26Cl2N4O7S/c1-27(2,3)40-26(38)31-12-11-30-22(35)15-5-8-17(9-6-15)33-24(37)20(14-21(34)39-4)41-25(33)32-23(36)18-10-7-16(28)13-19(18)29/h5-10,13-14H,11-12H2,1-4H3,(H,30,35)(H,31,38). The largest absolute Gasteiger partial charge is 0.466 e. The van der Waals surface area contributed by atoms with Crippen LogP contribution in [0.4, 0.5) is 10.5 Å². The number of anilines is 1. The van der Waals surface area contributed by atoms with E-state index >= 15 is 0 Å². The number of methoxy groups -OCH3 is 1. The summed E-state index contributed by atoms with van der Waals surface area (Å²) in [5.41, 5.74) is -0.0121. The SMILES string of the molecule is COC(=O)C=C1SC(=NC(=O)c2ccc(Cl)cc2Cl)N(c2ccc(C(=O)NCCNC(=O)OC(C)(C)C)cc2)C1=O. The van der Waals surface area contributed by atoms with E-state index in [-0.39, 0.29) is 45.0 Å². The van der Waals surface area contributed by atoms with Crippen LogP contribution in [0, 0.1) is 0 Å². The number of amides is 4. The van der Waals surface area contributed by atoms with Crippen molar-refractivity contribution in [2.75, 3.05) is 25.1 Å². The number of benzene rings is 2. The molecule has 0 radical (unpaired) electrons. The molecule has 2 aromatic rings. The van der Waals surface area contributed by atoms with E-state index in [0.717, 1.165) is 22.7 Å². The zero-order valence-corrected chi connectivity index (χ0v) is 24.8.